The van der Waals surface area contributed by atoms with Gasteiger partial charge in [0.05, 0.1) is 17.7 Å². The minimum atomic E-state index is -0.696. The number of aromatic nitrogens is 1. The number of benzene rings is 2. The van der Waals surface area contributed by atoms with Crippen molar-refractivity contribution in [3.63, 3.8) is 0 Å². The molecule has 1 aromatic heterocycles. The van der Waals surface area contributed by atoms with Crippen LogP contribution < -0.4 is 10.6 Å². The Balaban J connectivity index is 1.67. The van der Waals surface area contributed by atoms with Gasteiger partial charge in [-0.25, -0.2) is 0 Å². The summed E-state index contributed by atoms with van der Waals surface area (Å²) in [6.45, 7) is 4.10. The lowest BCUT2D eigenvalue weighted by Crippen LogP contribution is -2.34. The quantitative estimate of drug-likeness (QED) is 0.688. The van der Waals surface area contributed by atoms with Crippen molar-refractivity contribution in [1.82, 2.24) is 10.3 Å². The first kappa shape index (κ1) is 19.3. The molecule has 5 heteroatoms. The Kier molecular flexibility index (Phi) is 5.84. The third-order valence-electron chi connectivity index (χ3n) is 4.60. The van der Waals surface area contributed by atoms with Crippen LogP contribution in [0.1, 0.15) is 35.5 Å². The van der Waals surface area contributed by atoms with Crippen molar-refractivity contribution in [2.75, 3.05) is 5.32 Å². The highest BCUT2D eigenvalue weighted by molar-refractivity contribution is 6.00. The first-order valence-electron chi connectivity index (χ1n) is 9.12. The van der Waals surface area contributed by atoms with Crippen LogP contribution in [0.4, 0.5) is 5.69 Å². The molecular formula is C23H23N3O2. The molecule has 0 spiro atoms. The number of anilines is 1. The largest absolute Gasteiger partial charge is 0.346 e. The highest BCUT2D eigenvalue weighted by Gasteiger charge is 2.29. The van der Waals surface area contributed by atoms with Gasteiger partial charge in [-0.1, -0.05) is 42.5 Å². The molecule has 3 aromatic rings. The maximum absolute atomic E-state index is 12.8. The Morgan fingerprint density at radius 3 is 2.39 bits per heavy atom. The van der Waals surface area contributed by atoms with E-state index in [1.54, 1.807) is 30.5 Å². The number of amides is 2. The van der Waals surface area contributed by atoms with Crippen molar-refractivity contribution >= 4 is 17.5 Å². The van der Waals surface area contributed by atoms with Crippen molar-refractivity contribution in [2.24, 2.45) is 0 Å². The summed E-state index contributed by atoms with van der Waals surface area (Å²) in [6.07, 6.45) is 1.69. The maximum atomic E-state index is 12.8. The Morgan fingerprint density at radius 2 is 1.68 bits per heavy atom. The Labute approximate surface area is 164 Å². The fourth-order valence-electron chi connectivity index (χ4n) is 2.79. The first-order valence-corrected chi connectivity index (χ1v) is 9.12. The summed E-state index contributed by atoms with van der Waals surface area (Å²) in [5, 5.41) is 5.76. The molecule has 28 heavy (non-hydrogen) atoms. The van der Waals surface area contributed by atoms with Crippen LogP contribution in [0.2, 0.25) is 0 Å². The van der Waals surface area contributed by atoms with Crippen molar-refractivity contribution in [2.45, 2.75) is 25.8 Å². The second kappa shape index (κ2) is 8.48. The molecular weight excluding hydrogens is 350 g/mol. The van der Waals surface area contributed by atoms with Gasteiger partial charge in [-0.15, -0.1) is 0 Å². The molecule has 142 valence electrons. The van der Waals surface area contributed by atoms with E-state index in [1.807, 2.05) is 62.4 Å². The first-order chi connectivity index (χ1) is 13.5. The predicted molar refractivity (Wildman–Crippen MR) is 110 cm³/mol. The third kappa shape index (κ3) is 4.62. The molecule has 0 unspecified atom stereocenters. The number of hydrogen-bond acceptors (Lipinski definition) is 3. The fraction of sp³-hybridized carbons (Fsp3) is 0.174. The lowest BCUT2D eigenvalue weighted by Gasteiger charge is -2.24. The number of carbonyl (C=O) groups is 2. The van der Waals surface area contributed by atoms with Gasteiger partial charge in [0.1, 0.15) is 0 Å². The Morgan fingerprint density at radius 1 is 0.929 bits per heavy atom. The van der Waals surface area contributed by atoms with Gasteiger partial charge < -0.3 is 10.6 Å². The molecule has 0 aliphatic rings. The number of nitrogens with one attached hydrogen (secondary N) is 2. The van der Waals surface area contributed by atoms with Crippen LogP contribution >= 0.6 is 0 Å². The standard InChI is InChI=1S/C23H23N3O2/c1-23(2,18-10-4-3-5-11-18)22(28)26-19-13-8-9-17(15-19)21(27)25-16-20-12-6-7-14-24-20/h3-15H,16H2,1-2H3,(H,25,27)(H,26,28). The van der Waals surface area contributed by atoms with Gasteiger partial charge in [0.15, 0.2) is 0 Å². The molecule has 2 amide bonds. The topological polar surface area (TPSA) is 71.1 Å². The molecule has 1 heterocycles. The van der Waals surface area contributed by atoms with Crippen molar-refractivity contribution in [3.8, 4) is 0 Å². The minimum absolute atomic E-state index is 0.134. The zero-order chi connectivity index (χ0) is 20.0. The number of pyridine rings is 1. The Hall–Kier alpha value is -3.47. The molecule has 2 aromatic carbocycles. The molecule has 3 rings (SSSR count). The lowest BCUT2D eigenvalue weighted by molar-refractivity contribution is -0.120. The normalized spacial score (nSPS) is 10.9. The summed E-state index contributed by atoms with van der Waals surface area (Å²) in [7, 11) is 0. The van der Waals surface area contributed by atoms with E-state index in [0.29, 0.717) is 17.8 Å². The molecule has 0 fully saturated rings. The average Bonchev–Trinajstić information content (AvgIpc) is 2.73. The summed E-state index contributed by atoms with van der Waals surface area (Å²) in [5.41, 5.74) is 2.07. The van der Waals surface area contributed by atoms with Crippen LogP contribution in [0.25, 0.3) is 0 Å². The zero-order valence-corrected chi connectivity index (χ0v) is 16.0. The van der Waals surface area contributed by atoms with E-state index in [2.05, 4.69) is 15.6 Å². The summed E-state index contributed by atoms with van der Waals surface area (Å²) in [5.74, 6) is -0.353. The molecule has 2 N–H and O–H groups in total. The molecule has 0 saturated carbocycles. The molecule has 5 nitrogen and oxygen atoms in total. The second-order valence-corrected chi connectivity index (χ2v) is 7.03. The van der Waals surface area contributed by atoms with Gasteiger partial charge in [0, 0.05) is 17.4 Å². The third-order valence-corrected chi connectivity index (χ3v) is 4.60. The zero-order valence-electron chi connectivity index (χ0n) is 16.0. The fourth-order valence-corrected chi connectivity index (χ4v) is 2.79. The molecule has 0 atom stereocenters. The van der Waals surface area contributed by atoms with E-state index in [-0.39, 0.29) is 11.8 Å². The minimum Gasteiger partial charge on any atom is -0.346 e. The number of carbonyl (C=O) groups excluding carboxylic acids is 2. The van der Waals surface area contributed by atoms with Crippen LogP contribution in [0.3, 0.4) is 0 Å². The number of rotatable bonds is 6. The van der Waals surface area contributed by atoms with Crippen molar-refractivity contribution in [1.29, 1.82) is 0 Å². The van der Waals surface area contributed by atoms with Crippen LogP contribution in [-0.2, 0) is 16.8 Å². The summed E-state index contributed by atoms with van der Waals surface area (Å²) < 4.78 is 0. The molecule has 0 bridgehead atoms. The maximum Gasteiger partial charge on any atom is 0.251 e. The second-order valence-electron chi connectivity index (χ2n) is 7.03. The van der Waals surface area contributed by atoms with Gasteiger partial charge in [-0.3, -0.25) is 14.6 Å². The predicted octanol–water partition coefficient (Wildman–Crippen LogP) is 3.93. The van der Waals surface area contributed by atoms with E-state index < -0.39 is 5.41 Å². The Bertz CT molecular complexity index is 954. The van der Waals surface area contributed by atoms with Gasteiger partial charge in [-0.2, -0.15) is 0 Å². The summed E-state index contributed by atoms with van der Waals surface area (Å²) >= 11 is 0. The molecule has 0 aliphatic heterocycles. The van der Waals surface area contributed by atoms with Gasteiger partial charge >= 0.3 is 0 Å². The summed E-state index contributed by atoms with van der Waals surface area (Å²) in [6, 6.07) is 22.1. The van der Waals surface area contributed by atoms with E-state index >= 15 is 0 Å². The lowest BCUT2D eigenvalue weighted by atomic mass is 9.83. The van der Waals surface area contributed by atoms with Crippen molar-refractivity contribution in [3.05, 3.63) is 95.8 Å². The van der Waals surface area contributed by atoms with Crippen LogP contribution in [0.5, 0.6) is 0 Å². The van der Waals surface area contributed by atoms with E-state index in [1.165, 1.54) is 0 Å². The monoisotopic (exact) mass is 373 g/mol. The van der Waals surface area contributed by atoms with Gasteiger partial charge in [-0.05, 0) is 49.7 Å². The average molecular weight is 373 g/mol. The number of nitrogens with zero attached hydrogens (tertiary/aromatic N) is 1. The smallest absolute Gasteiger partial charge is 0.251 e. The van der Waals surface area contributed by atoms with Crippen LogP contribution in [0.15, 0.2) is 79.0 Å². The van der Waals surface area contributed by atoms with E-state index in [9.17, 15) is 9.59 Å². The molecule has 0 radical (unpaired) electrons. The van der Waals surface area contributed by atoms with Crippen molar-refractivity contribution < 1.29 is 9.59 Å². The SMILES string of the molecule is CC(C)(C(=O)Nc1cccc(C(=O)NCc2ccccn2)c1)c1ccccc1. The molecule has 0 saturated heterocycles. The number of hydrogen-bond donors (Lipinski definition) is 2. The van der Waals surface area contributed by atoms with Crippen LogP contribution in [-0.4, -0.2) is 16.8 Å². The van der Waals surface area contributed by atoms with Gasteiger partial charge in [0.25, 0.3) is 5.91 Å². The summed E-state index contributed by atoms with van der Waals surface area (Å²) in [4.78, 5) is 29.4. The highest BCUT2D eigenvalue weighted by Crippen LogP contribution is 2.25. The molecule has 0 aliphatic carbocycles. The van der Waals surface area contributed by atoms with Crippen LogP contribution in [0, 0.1) is 0 Å². The van der Waals surface area contributed by atoms with E-state index in [0.717, 1.165) is 11.3 Å². The van der Waals surface area contributed by atoms with Gasteiger partial charge in [0.2, 0.25) is 5.91 Å². The van der Waals surface area contributed by atoms with E-state index in [4.69, 9.17) is 0 Å². The highest BCUT2D eigenvalue weighted by atomic mass is 16.2.